The second-order valence-corrected chi connectivity index (χ2v) is 17.6. The summed E-state index contributed by atoms with van der Waals surface area (Å²) in [7, 11) is -3.56. The summed E-state index contributed by atoms with van der Waals surface area (Å²) in [5.74, 6) is 3.10. The van der Waals surface area contributed by atoms with Crippen LogP contribution in [-0.4, -0.2) is 50.5 Å². The largest absolute Gasteiger partial charge is 0.393 e. The fourth-order valence-corrected chi connectivity index (χ4v) is 12.7. The standard InChI is InChI=1S/C36H58N2O4S/c1-5-28-32-23-26(39)14-17-36(32,4)31-15-18-35(3)29(12-13-30(35)33(31)34(28)40)24(2)16-19-37-43(41,42)27-11-9-10-25(22-27)38-20-7-6-8-21-38/h9-11,22,24,26,28-34,37,39-40H,5-8,12-21,23H2,1-4H3/t24-,26-,28-,29-,30+,31+,32+,33?,34-,35?,36?/m1/s1. The SMILES string of the molecule is CC[C@H]1[C@@H](O)C2[C@@H]3CC[C@H]([C@H](C)CCNS(=O)(=O)c4cccc(N5CCCCC5)c4)C3(C)CC[C@@H]2C2(C)CC[C@@H](O)C[C@@H]12. The zero-order valence-corrected chi connectivity index (χ0v) is 28.0. The van der Waals surface area contributed by atoms with Gasteiger partial charge in [0.15, 0.2) is 0 Å². The molecule has 3 unspecified atom stereocenters. The third-order valence-corrected chi connectivity index (χ3v) is 15.4. The first-order chi connectivity index (χ1) is 20.5. The Morgan fingerprint density at radius 3 is 2.44 bits per heavy atom. The molecule has 1 saturated heterocycles. The molecule has 3 N–H and O–H groups in total. The molecule has 1 aromatic carbocycles. The number of piperidine rings is 1. The quantitative estimate of drug-likeness (QED) is 0.307. The van der Waals surface area contributed by atoms with Crippen molar-refractivity contribution in [3.63, 3.8) is 0 Å². The molecule has 6 nitrogen and oxygen atoms in total. The molecule has 6 rings (SSSR count). The number of hydrogen-bond acceptors (Lipinski definition) is 5. The van der Waals surface area contributed by atoms with Crippen molar-refractivity contribution in [3.8, 4) is 0 Å². The summed E-state index contributed by atoms with van der Waals surface area (Å²) in [6.07, 6.45) is 12.5. The van der Waals surface area contributed by atoms with Crippen molar-refractivity contribution >= 4 is 15.7 Å². The Balaban J connectivity index is 1.11. The van der Waals surface area contributed by atoms with Gasteiger partial charge in [-0.3, -0.25) is 0 Å². The minimum Gasteiger partial charge on any atom is -0.393 e. The predicted molar refractivity (Wildman–Crippen MR) is 173 cm³/mol. The van der Waals surface area contributed by atoms with E-state index in [-0.39, 0.29) is 29.0 Å². The molecule has 0 spiro atoms. The maximum Gasteiger partial charge on any atom is 0.240 e. The molecule has 43 heavy (non-hydrogen) atoms. The molecule has 242 valence electrons. The smallest absolute Gasteiger partial charge is 0.240 e. The van der Waals surface area contributed by atoms with Crippen LogP contribution in [0.2, 0.25) is 0 Å². The lowest BCUT2D eigenvalue weighted by atomic mass is 9.41. The summed E-state index contributed by atoms with van der Waals surface area (Å²) in [4.78, 5) is 2.67. The van der Waals surface area contributed by atoms with Gasteiger partial charge in [-0.15, -0.1) is 0 Å². The molecule has 5 fully saturated rings. The van der Waals surface area contributed by atoms with Crippen LogP contribution in [0.4, 0.5) is 5.69 Å². The van der Waals surface area contributed by atoms with Crippen molar-refractivity contribution in [1.82, 2.24) is 4.72 Å². The highest BCUT2D eigenvalue weighted by molar-refractivity contribution is 7.89. The number of aliphatic hydroxyl groups excluding tert-OH is 2. The number of fused-ring (bicyclic) bond motifs is 5. The number of sulfonamides is 1. The average Bonchev–Trinajstić information content (AvgIpc) is 3.36. The second-order valence-electron chi connectivity index (χ2n) is 15.8. The Hall–Kier alpha value is -1.15. The molecule has 11 atom stereocenters. The summed E-state index contributed by atoms with van der Waals surface area (Å²) in [5.41, 5.74) is 1.42. The molecular weight excluding hydrogens is 556 g/mol. The minimum atomic E-state index is -3.56. The lowest BCUT2D eigenvalue weighted by Crippen LogP contribution is -2.62. The zero-order chi connectivity index (χ0) is 30.6. The van der Waals surface area contributed by atoms with Crippen LogP contribution in [0.15, 0.2) is 29.2 Å². The Kier molecular flexibility index (Phi) is 9.04. The molecule has 7 heteroatoms. The van der Waals surface area contributed by atoms with Gasteiger partial charge < -0.3 is 15.1 Å². The van der Waals surface area contributed by atoms with Gasteiger partial charge in [0.25, 0.3) is 0 Å². The van der Waals surface area contributed by atoms with Gasteiger partial charge >= 0.3 is 0 Å². The van der Waals surface area contributed by atoms with E-state index in [2.05, 4.69) is 37.3 Å². The number of anilines is 1. The number of aliphatic hydroxyl groups is 2. The lowest BCUT2D eigenvalue weighted by Gasteiger charge is -2.64. The Labute approximate surface area is 261 Å². The molecule has 1 heterocycles. The van der Waals surface area contributed by atoms with Gasteiger partial charge in [-0.2, -0.15) is 0 Å². The van der Waals surface area contributed by atoms with E-state index in [4.69, 9.17) is 0 Å². The van der Waals surface area contributed by atoms with Gasteiger partial charge in [-0.25, -0.2) is 13.1 Å². The summed E-state index contributed by atoms with van der Waals surface area (Å²) in [5, 5.41) is 22.5. The first kappa shape index (κ1) is 31.8. The normalized spacial score (nSPS) is 42.1. The monoisotopic (exact) mass is 614 g/mol. The molecule has 0 amide bonds. The highest BCUT2D eigenvalue weighted by Gasteiger charge is 2.64. The van der Waals surface area contributed by atoms with E-state index in [1.807, 2.05) is 18.2 Å². The second kappa shape index (κ2) is 12.2. The van der Waals surface area contributed by atoms with Crippen LogP contribution in [0.1, 0.15) is 105 Å². The van der Waals surface area contributed by atoms with Crippen molar-refractivity contribution in [3.05, 3.63) is 24.3 Å². The van der Waals surface area contributed by atoms with Crippen LogP contribution in [-0.2, 0) is 10.0 Å². The third kappa shape index (κ3) is 5.61. The topological polar surface area (TPSA) is 89.9 Å². The van der Waals surface area contributed by atoms with Crippen molar-refractivity contribution in [2.45, 2.75) is 122 Å². The van der Waals surface area contributed by atoms with Crippen LogP contribution in [0.5, 0.6) is 0 Å². The number of rotatable bonds is 8. The van der Waals surface area contributed by atoms with Crippen LogP contribution in [0.25, 0.3) is 0 Å². The van der Waals surface area contributed by atoms with Crippen LogP contribution in [0.3, 0.4) is 0 Å². The molecule has 4 aliphatic carbocycles. The Bertz CT molecular complexity index is 1230. The highest BCUT2D eigenvalue weighted by Crippen LogP contribution is 2.69. The molecule has 0 radical (unpaired) electrons. The summed E-state index contributed by atoms with van der Waals surface area (Å²) in [6, 6.07) is 7.47. The molecule has 5 aliphatic rings. The maximum absolute atomic E-state index is 13.3. The van der Waals surface area contributed by atoms with Gasteiger partial charge in [0.1, 0.15) is 0 Å². The van der Waals surface area contributed by atoms with Gasteiger partial charge in [0.05, 0.1) is 17.1 Å². The van der Waals surface area contributed by atoms with Gasteiger partial charge in [0.2, 0.25) is 10.0 Å². The molecule has 0 aromatic heterocycles. The fourth-order valence-electron chi connectivity index (χ4n) is 11.6. The third-order valence-electron chi connectivity index (χ3n) is 13.9. The fraction of sp³-hybridized carbons (Fsp3) is 0.833. The first-order valence-corrected chi connectivity index (χ1v) is 19.2. The molecule has 1 aromatic rings. The zero-order valence-electron chi connectivity index (χ0n) is 27.2. The predicted octanol–water partition coefficient (Wildman–Crippen LogP) is 6.61. The van der Waals surface area contributed by atoms with Crippen molar-refractivity contribution < 1.29 is 18.6 Å². The van der Waals surface area contributed by atoms with Crippen molar-refractivity contribution in [1.29, 1.82) is 0 Å². The van der Waals surface area contributed by atoms with Gasteiger partial charge in [0, 0.05) is 25.3 Å². The summed E-state index contributed by atoms with van der Waals surface area (Å²) < 4.78 is 29.6. The number of nitrogens with zero attached hydrogens (tertiary/aromatic N) is 1. The van der Waals surface area contributed by atoms with E-state index in [1.54, 1.807) is 6.07 Å². The van der Waals surface area contributed by atoms with Crippen LogP contribution in [0, 0.1) is 52.3 Å². The average molecular weight is 615 g/mol. The summed E-state index contributed by atoms with van der Waals surface area (Å²) in [6.45, 7) is 12.0. The van der Waals surface area contributed by atoms with Gasteiger partial charge in [-0.1, -0.05) is 40.2 Å². The van der Waals surface area contributed by atoms with E-state index in [9.17, 15) is 18.6 Å². The van der Waals surface area contributed by atoms with E-state index in [1.165, 1.54) is 32.1 Å². The van der Waals surface area contributed by atoms with E-state index >= 15 is 0 Å². The van der Waals surface area contributed by atoms with Crippen LogP contribution >= 0.6 is 0 Å². The minimum absolute atomic E-state index is 0.193. The lowest BCUT2D eigenvalue weighted by molar-refractivity contribution is -0.203. The Morgan fingerprint density at radius 1 is 0.977 bits per heavy atom. The maximum atomic E-state index is 13.3. The number of hydrogen-bond donors (Lipinski definition) is 3. The summed E-state index contributed by atoms with van der Waals surface area (Å²) >= 11 is 0. The van der Waals surface area contributed by atoms with Gasteiger partial charge in [-0.05, 0) is 141 Å². The van der Waals surface area contributed by atoms with E-state index in [0.717, 1.165) is 63.7 Å². The van der Waals surface area contributed by atoms with Crippen molar-refractivity contribution in [2.24, 2.45) is 52.3 Å². The number of nitrogens with one attached hydrogen (secondary N) is 1. The molecule has 0 bridgehead atoms. The van der Waals surface area contributed by atoms with E-state index < -0.39 is 10.0 Å². The van der Waals surface area contributed by atoms with E-state index in [0.29, 0.717) is 46.9 Å². The van der Waals surface area contributed by atoms with Crippen molar-refractivity contribution in [2.75, 3.05) is 24.5 Å². The molecular formula is C36H58N2O4S. The molecule has 1 aliphatic heterocycles. The highest BCUT2D eigenvalue weighted by atomic mass is 32.2. The number of benzene rings is 1. The van der Waals surface area contributed by atoms with Crippen LogP contribution < -0.4 is 9.62 Å². The Morgan fingerprint density at radius 2 is 1.70 bits per heavy atom. The molecule has 4 saturated carbocycles. The first-order valence-electron chi connectivity index (χ1n) is 17.7.